The third-order valence-electron chi connectivity index (χ3n) is 7.81. The summed E-state index contributed by atoms with van der Waals surface area (Å²) in [7, 11) is 2.84. The minimum Gasteiger partial charge on any atom is -0.496 e. The fraction of sp³-hybridized carbons (Fsp3) is 0.281. The number of halogens is 1. The molecule has 0 bridgehead atoms. The van der Waals surface area contributed by atoms with Crippen LogP contribution in [-0.4, -0.2) is 41.8 Å². The van der Waals surface area contributed by atoms with E-state index < -0.39 is 17.2 Å². The molecule has 9 nitrogen and oxygen atoms in total. The fourth-order valence-electron chi connectivity index (χ4n) is 5.28. The lowest BCUT2D eigenvalue weighted by Crippen LogP contribution is -2.37. The van der Waals surface area contributed by atoms with E-state index in [0.717, 1.165) is 45.0 Å². The van der Waals surface area contributed by atoms with Crippen molar-refractivity contribution in [2.45, 2.75) is 32.9 Å². The normalized spacial score (nSPS) is 14.6. The number of hydrogen-bond donors (Lipinski definition) is 3. The highest BCUT2D eigenvalue weighted by Gasteiger charge is 2.20. The molecule has 1 atom stereocenters. The molecule has 2 heterocycles. The fourth-order valence-corrected chi connectivity index (χ4v) is 5.28. The number of benzene rings is 3. The van der Waals surface area contributed by atoms with E-state index in [2.05, 4.69) is 15.6 Å². The molecule has 3 N–H and O–H groups in total. The van der Waals surface area contributed by atoms with Crippen LogP contribution in [0.2, 0.25) is 0 Å². The van der Waals surface area contributed by atoms with Gasteiger partial charge in [-0.1, -0.05) is 30.3 Å². The van der Waals surface area contributed by atoms with Crippen LogP contribution < -0.4 is 26.6 Å². The maximum Gasteiger partial charge on any atom is 0.328 e. The third kappa shape index (κ3) is 5.63. The van der Waals surface area contributed by atoms with Gasteiger partial charge < -0.3 is 25.1 Å². The summed E-state index contributed by atoms with van der Waals surface area (Å²) in [6.07, 6.45) is 2.01. The van der Waals surface area contributed by atoms with Gasteiger partial charge in [-0.2, -0.15) is 0 Å². The molecule has 1 amide bonds. The molecule has 4 aromatic rings. The van der Waals surface area contributed by atoms with E-state index in [0.29, 0.717) is 42.3 Å². The average Bonchev–Trinajstić information content (AvgIpc) is 3.50. The lowest BCUT2D eigenvalue weighted by molar-refractivity contribution is 0.102. The van der Waals surface area contributed by atoms with Crippen LogP contribution in [0.15, 0.2) is 64.3 Å². The van der Waals surface area contributed by atoms with Crippen molar-refractivity contribution in [3.05, 3.63) is 104 Å². The SMILES string of the molecule is COc1cc(-c2cccc(-c3cccc(NC(=O)c4c[nH]c(=O)n(C)c4=O)c3C)c2C)cc(F)c1CNC1CCOC1. The van der Waals surface area contributed by atoms with Gasteiger partial charge in [0.15, 0.2) is 0 Å². The van der Waals surface area contributed by atoms with Gasteiger partial charge in [0.2, 0.25) is 0 Å². The molecule has 42 heavy (non-hydrogen) atoms. The van der Waals surface area contributed by atoms with Gasteiger partial charge in [0, 0.05) is 43.7 Å². The van der Waals surface area contributed by atoms with Crippen LogP contribution in [0.5, 0.6) is 5.75 Å². The zero-order valence-electron chi connectivity index (χ0n) is 24.0. The van der Waals surface area contributed by atoms with Crippen molar-refractivity contribution in [2.24, 2.45) is 7.05 Å². The number of carbonyl (C=O) groups excluding carboxylic acids is 1. The van der Waals surface area contributed by atoms with Gasteiger partial charge in [-0.3, -0.25) is 14.2 Å². The summed E-state index contributed by atoms with van der Waals surface area (Å²) >= 11 is 0. The predicted octanol–water partition coefficient (Wildman–Crippen LogP) is 4.30. The molecule has 1 aliphatic heterocycles. The highest BCUT2D eigenvalue weighted by molar-refractivity contribution is 6.04. The molecular weight excluding hydrogens is 539 g/mol. The molecular formula is C32H33FN4O5. The molecule has 0 radical (unpaired) electrons. The first-order chi connectivity index (χ1) is 20.2. The zero-order valence-corrected chi connectivity index (χ0v) is 24.0. The molecule has 3 aromatic carbocycles. The maximum atomic E-state index is 15.4. The summed E-state index contributed by atoms with van der Waals surface area (Å²) in [5, 5.41) is 6.15. The Kier molecular flexibility index (Phi) is 8.37. The van der Waals surface area contributed by atoms with Gasteiger partial charge in [0.05, 0.1) is 13.7 Å². The van der Waals surface area contributed by atoms with E-state index in [1.54, 1.807) is 6.07 Å². The van der Waals surface area contributed by atoms with Gasteiger partial charge in [-0.25, -0.2) is 9.18 Å². The van der Waals surface area contributed by atoms with E-state index in [1.165, 1.54) is 20.2 Å². The van der Waals surface area contributed by atoms with Crippen LogP contribution in [0.4, 0.5) is 10.1 Å². The van der Waals surface area contributed by atoms with Gasteiger partial charge in [-0.05, 0) is 71.8 Å². The Bertz CT molecular complexity index is 1770. The first kappa shape index (κ1) is 29.0. The Labute approximate surface area is 242 Å². The van der Waals surface area contributed by atoms with Gasteiger partial charge in [0.1, 0.15) is 17.1 Å². The quantitative estimate of drug-likeness (QED) is 0.290. The Hall–Kier alpha value is -4.54. The Morgan fingerprint density at radius 2 is 1.81 bits per heavy atom. The van der Waals surface area contributed by atoms with E-state index in [1.807, 2.05) is 50.2 Å². The number of aromatic nitrogens is 2. The van der Waals surface area contributed by atoms with Gasteiger partial charge in [0.25, 0.3) is 11.5 Å². The van der Waals surface area contributed by atoms with E-state index in [4.69, 9.17) is 9.47 Å². The molecule has 5 rings (SSSR count). The minimum atomic E-state index is -0.689. The van der Waals surface area contributed by atoms with Crippen LogP contribution in [0.3, 0.4) is 0 Å². The second-order valence-corrected chi connectivity index (χ2v) is 10.4. The molecule has 0 aliphatic carbocycles. The minimum absolute atomic E-state index is 0.175. The second-order valence-electron chi connectivity index (χ2n) is 10.4. The monoisotopic (exact) mass is 572 g/mol. The first-order valence-corrected chi connectivity index (χ1v) is 13.7. The Morgan fingerprint density at radius 1 is 1.10 bits per heavy atom. The molecule has 1 fully saturated rings. The van der Waals surface area contributed by atoms with Crippen molar-refractivity contribution in [1.82, 2.24) is 14.9 Å². The van der Waals surface area contributed by atoms with Crippen LogP contribution >= 0.6 is 0 Å². The number of ether oxygens (including phenoxy) is 2. The number of hydrogen-bond acceptors (Lipinski definition) is 6. The summed E-state index contributed by atoms with van der Waals surface area (Å²) in [5.41, 5.74) is 4.55. The summed E-state index contributed by atoms with van der Waals surface area (Å²) in [6, 6.07) is 14.9. The molecule has 0 spiro atoms. The first-order valence-electron chi connectivity index (χ1n) is 13.7. The molecule has 10 heteroatoms. The maximum absolute atomic E-state index is 15.4. The van der Waals surface area contributed by atoms with Crippen LogP contribution in [0.25, 0.3) is 22.3 Å². The standard InChI is InChI=1S/C32H33FN4O5/c1-18-22(20-13-27(33)25(29(14-20)41-4)15-34-21-11-12-42-17-21)7-5-8-23(18)24-9-6-10-28(19(24)2)36-30(38)26-16-35-32(40)37(3)31(26)39/h5-10,13-14,16,21,34H,11-12,15,17H2,1-4H3,(H,35,40)(H,36,38). The number of aromatic amines is 1. The van der Waals surface area contributed by atoms with E-state index in [9.17, 15) is 14.4 Å². The second kappa shape index (κ2) is 12.1. The van der Waals surface area contributed by atoms with Gasteiger partial charge in [-0.15, -0.1) is 0 Å². The summed E-state index contributed by atoms with van der Waals surface area (Å²) in [4.78, 5) is 39.5. The number of H-pyrrole nitrogens is 1. The van der Waals surface area contributed by atoms with E-state index >= 15 is 4.39 Å². The zero-order chi connectivity index (χ0) is 30.0. The van der Waals surface area contributed by atoms with Crippen molar-refractivity contribution in [3.8, 4) is 28.0 Å². The molecule has 218 valence electrons. The lowest BCUT2D eigenvalue weighted by atomic mass is 9.90. The predicted molar refractivity (Wildman–Crippen MR) is 160 cm³/mol. The van der Waals surface area contributed by atoms with Crippen molar-refractivity contribution >= 4 is 11.6 Å². The Morgan fingerprint density at radius 3 is 2.52 bits per heavy atom. The lowest BCUT2D eigenvalue weighted by Gasteiger charge is -2.18. The summed E-state index contributed by atoms with van der Waals surface area (Å²) in [6.45, 7) is 5.51. The molecule has 1 unspecified atom stereocenters. The highest BCUT2D eigenvalue weighted by atomic mass is 19.1. The van der Waals surface area contributed by atoms with Crippen molar-refractivity contribution in [2.75, 3.05) is 25.6 Å². The third-order valence-corrected chi connectivity index (χ3v) is 7.81. The molecule has 1 saturated heterocycles. The highest BCUT2D eigenvalue weighted by Crippen LogP contribution is 2.37. The summed E-state index contributed by atoms with van der Waals surface area (Å²) < 4.78 is 27.3. The molecule has 1 aliphatic rings. The number of carbonyl (C=O) groups is 1. The number of methoxy groups -OCH3 is 1. The molecule has 1 aromatic heterocycles. The number of nitrogens with zero attached hydrogens (tertiary/aromatic N) is 1. The summed E-state index contributed by atoms with van der Waals surface area (Å²) in [5.74, 6) is -0.513. The number of amides is 1. The number of anilines is 1. The van der Waals surface area contributed by atoms with Crippen molar-refractivity contribution in [3.63, 3.8) is 0 Å². The smallest absolute Gasteiger partial charge is 0.328 e. The van der Waals surface area contributed by atoms with Crippen molar-refractivity contribution in [1.29, 1.82) is 0 Å². The number of rotatable bonds is 8. The van der Waals surface area contributed by atoms with Crippen LogP contribution in [-0.2, 0) is 18.3 Å². The number of nitrogens with one attached hydrogen (secondary N) is 3. The topological polar surface area (TPSA) is 114 Å². The van der Waals surface area contributed by atoms with Crippen molar-refractivity contribution < 1.29 is 18.7 Å². The largest absolute Gasteiger partial charge is 0.496 e. The molecule has 0 saturated carbocycles. The van der Waals surface area contributed by atoms with Crippen LogP contribution in [0, 0.1) is 19.7 Å². The Balaban J connectivity index is 1.46. The van der Waals surface area contributed by atoms with E-state index in [-0.39, 0.29) is 17.4 Å². The average molecular weight is 573 g/mol. The van der Waals surface area contributed by atoms with Gasteiger partial charge >= 0.3 is 5.69 Å². The van der Waals surface area contributed by atoms with Crippen LogP contribution in [0.1, 0.15) is 33.5 Å².